The Labute approximate surface area is 167 Å². The van der Waals surface area contributed by atoms with Gasteiger partial charge in [0.05, 0.1) is 23.9 Å². The van der Waals surface area contributed by atoms with Gasteiger partial charge in [0.25, 0.3) is 0 Å². The fraction of sp³-hybridized carbons (Fsp3) is 0.476. The van der Waals surface area contributed by atoms with Gasteiger partial charge in [0, 0.05) is 23.6 Å². The van der Waals surface area contributed by atoms with Crippen LogP contribution in [-0.2, 0) is 19.0 Å². The third-order valence-corrected chi connectivity index (χ3v) is 4.35. The molecule has 4 nitrogen and oxygen atoms in total. The number of nitrogens with zero attached hydrogens (tertiary/aromatic N) is 2. The van der Waals surface area contributed by atoms with Crippen LogP contribution in [0, 0.1) is 11.2 Å². The molecule has 0 atom stereocenters. The summed E-state index contributed by atoms with van der Waals surface area (Å²) >= 11 is 0. The molecule has 0 aliphatic rings. The van der Waals surface area contributed by atoms with Crippen molar-refractivity contribution in [1.29, 1.82) is 0 Å². The molecular formula is C21H24F4N2O2. The van der Waals surface area contributed by atoms with Crippen LogP contribution in [0.1, 0.15) is 67.1 Å². The van der Waals surface area contributed by atoms with Crippen molar-refractivity contribution in [3.05, 3.63) is 52.4 Å². The number of hydrogen-bond donors (Lipinski definition) is 0. The molecule has 0 fully saturated rings. The molecule has 8 heteroatoms. The highest BCUT2D eigenvalue weighted by Crippen LogP contribution is 2.32. The lowest BCUT2D eigenvalue weighted by Crippen LogP contribution is -2.21. The quantitative estimate of drug-likeness (QED) is 0.470. The van der Waals surface area contributed by atoms with Crippen LogP contribution in [-0.4, -0.2) is 22.9 Å². The first kappa shape index (κ1) is 22.8. The molecule has 0 saturated heterocycles. The second-order valence-corrected chi connectivity index (χ2v) is 7.79. The van der Waals surface area contributed by atoms with Crippen LogP contribution < -0.4 is 4.74 Å². The Kier molecular flexibility index (Phi) is 6.65. The summed E-state index contributed by atoms with van der Waals surface area (Å²) in [6.07, 6.45) is -3.18. The summed E-state index contributed by atoms with van der Waals surface area (Å²) in [4.78, 5) is 20.3. The van der Waals surface area contributed by atoms with Crippen LogP contribution >= 0.6 is 0 Å². The van der Waals surface area contributed by atoms with Crippen molar-refractivity contribution in [2.24, 2.45) is 5.41 Å². The van der Waals surface area contributed by atoms with E-state index < -0.39 is 23.0 Å². The number of aryl methyl sites for hydroxylation is 1. The molecule has 2 rings (SSSR count). The minimum Gasteiger partial charge on any atom is -0.496 e. The largest absolute Gasteiger partial charge is 0.496 e. The van der Waals surface area contributed by atoms with Crippen LogP contribution in [0.5, 0.6) is 5.75 Å². The van der Waals surface area contributed by atoms with Crippen LogP contribution in [0.25, 0.3) is 0 Å². The number of rotatable bonds is 6. The van der Waals surface area contributed by atoms with Gasteiger partial charge < -0.3 is 4.74 Å². The van der Waals surface area contributed by atoms with Gasteiger partial charge in [-0.05, 0) is 18.6 Å². The number of ketones is 1. The van der Waals surface area contributed by atoms with E-state index in [1.807, 2.05) is 0 Å². The van der Waals surface area contributed by atoms with Gasteiger partial charge in [-0.15, -0.1) is 0 Å². The van der Waals surface area contributed by atoms with Crippen LogP contribution in [0.4, 0.5) is 17.6 Å². The molecule has 1 aromatic heterocycles. The molecule has 1 aromatic carbocycles. The second-order valence-electron chi connectivity index (χ2n) is 7.79. The summed E-state index contributed by atoms with van der Waals surface area (Å²) in [6, 6.07) is 2.47. The maximum absolute atomic E-state index is 14.6. The van der Waals surface area contributed by atoms with E-state index in [2.05, 4.69) is 9.97 Å². The predicted molar refractivity (Wildman–Crippen MR) is 101 cm³/mol. The molecule has 0 unspecified atom stereocenters. The first-order valence-electron chi connectivity index (χ1n) is 9.21. The van der Waals surface area contributed by atoms with Gasteiger partial charge in [0.2, 0.25) is 0 Å². The molecule has 0 bridgehead atoms. The lowest BCUT2D eigenvalue weighted by Gasteiger charge is -2.19. The lowest BCUT2D eigenvalue weighted by molar-refractivity contribution is -0.138. The van der Waals surface area contributed by atoms with Gasteiger partial charge in [-0.3, -0.25) is 4.79 Å². The molecule has 0 saturated carbocycles. The fourth-order valence-corrected chi connectivity index (χ4v) is 2.88. The first-order valence-corrected chi connectivity index (χ1v) is 9.21. The molecule has 0 amide bonds. The fourth-order valence-electron chi connectivity index (χ4n) is 2.88. The van der Waals surface area contributed by atoms with Crippen molar-refractivity contribution < 1.29 is 27.1 Å². The van der Waals surface area contributed by atoms with Crippen molar-refractivity contribution >= 4 is 5.78 Å². The molecule has 29 heavy (non-hydrogen) atoms. The van der Waals surface area contributed by atoms with Crippen molar-refractivity contribution in [3.8, 4) is 5.75 Å². The second kappa shape index (κ2) is 8.47. The van der Waals surface area contributed by atoms with E-state index in [-0.39, 0.29) is 41.5 Å². The van der Waals surface area contributed by atoms with E-state index >= 15 is 0 Å². The van der Waals surface area contributed by atoms with Gasteiger partial charge >= 0.3 is 6.18 Å². The smallest absolute Gasteiger partial charge is 0.419 e. The van der Waals surface area contributed by atoms with E-state index in [0.717, 1.165) is 12.3 Å². The highest BCUT2D eigenvalue weighted by atomic mass is 19.4. The lowest BCUT2D eigenvalue weighted by atomic mass is 9.85. The van der Waals surface area contributed by atoms with Gasteiger partial charge in [0.1, 0.15) is 17.4 Å². The molecule has 2 aromatic rings. The van der Waals surface area contributed by atoms with E-state index in [0.29, 0.717) is 12.0 Å². The summed E-state index contributed by atoms with van der Waals surface area (Å²) in [5.41, 5.74) is -1.49. The zero-order valence-corrected chi connectivity index (χ0v) is 17.1. The Morgan fingerprint density at radius 1 is 1.17 bits per heavy atom. The Hall–Kier alpha value is -2.51. The molecule has 0 spiro atoms. The number of methoxy groups -OCH3 is 1. The zero-order chi connectivity index (χ0) is 22.0. The number of carbonyl (C=O) groups excluding carboxylic acids is 1. The van der Waals surface area contributed by atoms with Crippen molar-refractivity contribution in [1.82, 2.24) is 9.97 Å². The topological polar surface area (TPSA) is 52.1 Å². The number of alkyl halides is 3. The number of hydrogen-bond acceptors (Lipinski definition) is 4. The average molecular weight is 412 g/mol. The molecular weight excluding hydrogens is 388 g/mol. The maximum Gasteiger partial charge on any atom is 0.419 e. The third-order valence-electron chi connectivity index (χ3n) is 4.35. The molecule has 0 aliphatic carbocycles. The Morgan fingerprint density at radius 2 is 1.83 bits per heavy atom. The Morgan fingerprint density at radius 3 is 2.34 bits per heavy atom. The summed E-state index contributed by atoms with van der Waals surface area (Å²) in [5, 5.41) is 0. The normalized spacial score (nSPS) is 12.2. The molecule has 0 N–H and O–H groups in total. The minimum absolute atomic E-state index is 0.0288. The van der Waals surface area contributed by atoms with Gasteiger partial charge in [0.15, 0.2) is 5.78 Å². The zero-order valence-electron chi connectivity index (χ0n) is 17.1. The average Bonchev–Trinajstić information content (AvgIpc) is 2.60. The maximum atomic E-state index is 14.6. The van der Waals surface area contributed by atoms with E-state index in [4.69, 9.17) is 4.74 Å². The van der Waals surface area contributed by atoms with Crippen LogP contribution in [0.15, 0.2) is 18.3 Å². The molecule has 1 heterocycles. The Bertz CT molecular complexity index is 903. The number of ether oxygens (including phenoxy) is 1. The predicted octanol–water partition coefficient (Wildman–Crippen LogP) is 5.42. The van der Waals surface area contributed by atoms with Crippen molar-refractivity contribution in [2.45, 2.75) is 53.1 Å². The van der Waals surface area contributed by atoms with Crippen molar-refractivity contribution in [2.75, 3.05) is 7.11 Å². The molecule has 158 valence electrons. The number of halogens is 4. The van der Waals surface area contributed by atoms with Gasteiger partial charge in [-0.2, -0.15) is 13.2 Å². The Balaban J connectivity index is 2.45. The highest BCUT2D eigenvalue weighted by molar-refractivity contribution is 6.00. The highest BCUT2D eigenvalue weighted by Gasteiger charge is 2.34. The van der Waals surface area contributed by atoms with E-state index in [9.17, 15) is 22.4 Å². The summed E-state index contributed by atoms with van der Waals surface area (Å²) in [6.45, 7) is 6.80. The van der Waals surface area contributed by atoms with Gasteiger partial charge in [-0.1, -0.05) is 34.1 Å². The van der Waals surface area contributed by atoms with Gasteiger partial charge in [-0.25, -0.2) is 14.4 Å². The number of aromatic nitrogens is 2. The van der Waals surface area contributed by atoms with Crippen LogP contribution in [0.3, 0.4) is 0 Å². The number of Topliss-reactive ketones (excluding diaryl/α,β-unsaturated/α-hetero) is 1. The molecule has 0 aliphatic heterocycles. The first-order chi connectivity index (χ1) is 13.4. The summed E-state index contributed by atoms with van der Waals surface area (Å²) < 4.78 is 59.3. The van der Waals surface area contributed by atoms with E-state index in [1.165, 1.54) is 13.2 Å². The van der Waals surface area contributed by atoms with Crippen molar-refractivity contribution in [3.63, 3.8) is 0 Å². The summed E-state index contributed by atoms with van der Waals surface area (Å²) in [7, 11) is 1.37. The monoisotopic (exact) mass is 412 g/mol. The standard InChI is InChI=1S/C21H24F4N2O2/c1-6-7-16-14(21(23,24)25)11-26-18(27-16)9-12-8-15(22)13(10-17(12)29-5)19(28)20(2,3)4/h8,10-11H,6-7,9H2,1-5H3. The number of benzene rings is 1. The third kappa shape index (κ3) is 5.31. The molecule has 0 radical (unpaired) electrons. The minimum atomic E-state index is -4.54. The SMILES string of the molecule is CCCc1nc(Cc2cc(F)c(C(=O)C(C)(C)C)cc2OC)ncc1C(F)(F)F. The number of carbonyl (C=O) groups is 1. The summed E-state index contributed by atoms with van der Waals surface area (Å²) in [5.74, 6) is -0.731. The van der Waals surface area contributed by atoms with Crippen LogP contribution in [0.2, 0.25) is 0 Å². The van der Waals surface area contributed by atoms with E-state index in [1.54, 1.807) is 27.7 Å².